The molecule has 17 heavy (non-hydrogen) atoms. The van der Waals surface area contributed by atoms with E-state index in [2.05, 4.69) is 0 Å². The average Bonchev–Trinajstić information content (AvgIpc) is 2.95. The van der Waals surface area contributed by atoms with Gasteiger partial charge in [-0.2, -0.15) is 21.6 Å². The van der Waals surface area contributed by atoms with Crippen molar-refractivity contribution in [2.24, 2.45) is 0 Å². The van der Waals surface area contributed by atoms with E-state index in [-0.39, 0.29) is 0 Å². The van der Waals surface area contributed by atoms with Crippen molar-refractivity contribution in [3.05, 3.63) is 0 Å². The minimum absolute atomic E-state index is 0.392. The summed E-state index contributed by atoms with van der Waals surface area (Å²) in [5.41, 5.74) is -5.53. The predicted octanol–water partition coefficient (Wildman–Crippen LogP) is 0.195. The molecule has 2 fully saturated rings. The Balaban J connectivity index is 0.000000172. The molecule has 2 aliphatic rings. The van der Waals surface area contributed by atoms with Gasteiger partial charge in [0.05, 0.1) is 26.4 Å². The maximum absolute atomic E-state index is 10.7. The fourth-order valence-electron chi connectivity index (χ4n) is 0.659. The molecule has 1 N–H and O–H groups in total. The lowest BCUT2D eigenvalue weighted by Gasteiger charge is -1.97. The van der Waals surface area contributed by atoms with Crippen LogP contribution in [0.15, 0.2) is 0 Å². The molecule has 2 aliphatic heterocycles. The van der Waals surface area contributed by atoms with Crippen LogP contribution in [0.5, 0.6) is 0 Å². The summed E-state index contributed by atoms with van der Waals surface area (Å²) in [7, 11) is -5.84. The zero-order chi connectivity index (χ0) is 13.1. The van der Waals surface area contributed by atoms with Crippen LogP contribution in [0.4, 0.5) is 13.2 Å². The summed E-state index contributed by atoms with van der Waals surface area (Å²) in [5.74, 6) is 0. The highest BCUT2D eigenvalue weighted by Crippen LogP contribution is 2.20. The van der Waals surface area contributed by atoms with Crippen molar-refractivity contribution in [2.45, 2.75) is 17.7 Å². The fraction of sp³-hybridized carbons (Fsp3) is 1.00. The number of rotatable bonds is 4. The topological polar surface area (TPSA) is 88.7 Å². The van der Waals surface area contributed by atoms with E-state index in [1.165, 1.54) is 0 Å². The third kappa shape index (κ3) is 6.78. The molecule has 0 spiro atoms. The first-order chi connectivity index (χ1) is 7.70. The van der Waals surface area contributed by atoms with Crippen LogP contribution < -0.4 is 0 Å². The average molecular weight is 280 g/mol. The van der Waals surface area contributed by atoms with Crippen molar-refractivity contribution >= 4 is 10.1 Å². The normalized spacial score (nSPS) is 27.1. The number of alkyl halides is 3. The Morgan fingerprint density at radius 3 is 1.65 bits per heavy atom. The van der Waals surface area contributed by atoms with Gasteiger partial charge in [-0.05, 0) is 0 Å². The molecule has 2 rings (SSSR count). The van der Waals surface area contributed by atoms with Crippen LogP contribution in [-0.2, 0) is 24.3 Å². The Kier molecular flexibility index (Phi) is 4.72. The van der Waals surface area contributed by atoms with E-state index >= 15 is 0 Å². The van der Waals surface area contributed by atoms with E-state index in [1.54, 1.807) is 0 Å². The molecule has 2 heterocycles. The molecule has 0 aromatic carbocycles. The van der Waals surface area contributed by atoms with Crippen LogP contribution in [0.2, 0.25) is 0 Å². The smallest absolute Gasteiger partial charge is 0.376 e. The van der Waals surface area contributed by atoms with Gasteiger partial charge >= 0.3 is 15.6 Å². The highest BCUT2D eigenvalue weighted by Gasteiger charge is 2.44. The molecule has 6 nitrogen and oxygen atoms in total. The highest BCUT2D eigenvalue weighted by atomic mass is 32.2. The van der Waals surface area contributed by atoms with Gasteiger partial charge in [-0.1, -0.05) is 0 Å². The van der Waals surface area contributed by atoms with Gasteiger partial charge in [0.25, 0.3) is 0 Å². The van der Waals surface area contributed by atoms with E-state index in [9.17, 15) is 13.2 Å². The predicted molar refractivity (Wildman–Crippen MR) is 47.9 cm³/mol. The van der Waals surface area contributed by atoms with E-state index < -0.39 is 15.6 Å². The molecule has 0 aromatic rings. The molecule has 2 unspecified atom stereocenters. The number of hydrogen-bond donors (Lipinski definition) is 1. The Morgan fingerprint density at radius 1 is 1.18 bits per heavy atom. The number of ether oxygens (including phenoxy) is 3. The summed E-state index contributed by atoms with van der Waals surface area (Å²) in [6.45, 7) is 3.26. The molecule has 0 aromatic heterocycles. The van der Waals surface area contributed by atoms with Gasteiger partial charge in [0, 0.05) is 0 Å². The van der Waals surface area contributed by atoms with Crippen LogP contribution in [0.1, 0.15) is 0 Å². The van der Waals surface area contributed by atoms with Gasteiger partial charge in [-0.3, -0.25) is 4.55 Å². The largest absolute Gasteiger partial charge is 0.522 e. The van der Waals surface area contributed by atoms with Crippen molar-refractivity contribution in [3.63, 3.8) is 0 Å². The lowest BCUT2D eigenvalue weighted by atomic mass is 10.5. The van der Waals surface area contributed by atoms with Crippen molar-refractivity contribution in [1.82, 2.24) is 0 Å². The minimum atomic E-state index is -5.84. The molecule has 10 heteroatoms. The highest BCUT2D eigenvalue weighted by molar-refractivity contribution is 7.86. The van der Waals surface area contributed by atoms with Gasteiger partial charge in [0.1, 0.15) is 12.2 Å². The number of halogens is 3. The monoisotopic (exact) mass is 280 g/mol. The lowest BCUT2D eigenvalue weighted by Crippen LogP contribution is -2.21. The summed E-state index contributed by atoms with van der Waals surface area (Å²) >= 11 is 0. The van der Waals surface area contributed by atoms with E-state index in [4.69, 9.17) is 27.2 Å². The van der Waals surface area contributed by atoms with Crippen LogP contribution >= 0.6 is 0 Å². The molecule has 2 saturated heterocycles. The Hall–Kier alpha value is -0.420. The van der Waals surface area contributed by atoms with E-state index in [1.807, 2.05) is 0 Å². The third-order valence-electron chi connectivity index (χ3n) is 1.70. The van der Waals surface area contributed by atoms with Gasteiger partial charge in [0.15, 0.2) is 0 Å². The molecule has 0 aliphatic carbocycles. The molecule has 102 valence electrons. The molecule has 0 amide bonds. The molecule has 2 atom stereocenters. The van der Waals surface area contributed by atoms with Crippen LogP contribution in [0.3, 0.4) is 0 Å². The Morgan fingerprint density at radius 2 is 1.47 bits per heavy atom. The quantitative estimate of drug-likeness (QED) is 0.449. The second kappa shape index (κ2) is 5.48. The van der Waals surface area contributed by atoms with Crippen molar-refractivity contribution in [1.29, 1.82) is 0 Å². The Bertz CT molecular complexity index is 320. The van der Waals surface area contributed by atoms with E-state index in [0.717, 1.165) is 26.4 Å². The maximum atomic E-state index is 10.7. The molecular formula is C7H11F3O6S. The fourth-order valence-corrected chi connectivity index (χ4v) is 0.659. The molecular weight excluding hydrogens is 269 g/mol. The standard InChI is InChI=1S/C6H10O3.CHF3O3S/c1(5-3-8-5)7-2-6-4-9-6;2-1(3,4)8(5,6)7/h5-6H,1-4H2;(H,5,6,7). The summed E-state index contributed by atoms with van der Waals surface area (Å²) < 4.78 is 72.7. The van der Waals surface area contributed by atoms with E-state index in [0.29, 0.717) is 12.2 Å². The molecule has 0 bridgehead atoms. The second-order valence-corrected chi connectivity index (χ2v) is 4.78. The van der Waals surface area contributed by atoms with Crippen LogP contribution in [0.25, 0.3) is 0 Å². The van der Waals surface area contributed by atoms with Gasteiger partial charge in [0.2, 0.25) is 0 Å². The molecule has 0 saturated carbocycles. The van der Waals surface area contributed by atoms with Crippen molar-refractivity contribution in [3.8, 4) is 0 Å². The number of epoxide rings is 2. The van der Waals surface area contributed by atoms with Crippen molar-refractivity contribution < 1.29 is 40.4 Å². The number of hydrogen-bond acceptors (Lipinski definition) is 5. The van der Waals surface area contributed by atoms with Crippen LogP contribution in [-0.4, -0.2) is 57.1 Å². The zero-order valence-corrected chi connectivity index (χ0v) is 9.33. The van der Waals surface area contributed by atoms with Crippen LogP contribution in [0, 0.1) is 0 Å². The van der Waals surface area contributed by atoms with Gasteiger partial charge < -0.3 is 14.2 Å². The maximum Gasteiger partial charge on any atom is 0.522 e. The van der Waals surface area contributed by atoms with Gasteiger partial charge in [-0.25, -0.2) is 0 Å². The first-order valence-electron chi connectivity index (χ1n) is 4.55. The second-order valence-electron chi connectivity index (χ2n) is 3.37. The first kappa shape index (κ1) is 14.6. The third-order valence-corrected chi connectivity index (χ3v) is 2.29. The summed E-state index contributed by atoms with van der Waals surface area (Å²) in [6.07, 6.45) is 0.785. The van der Waals surface area contributed by atoms with Gasteiger partial charge in [-0.15, -0.1) is 0 Å². The van der Waals surface area contributed by atoms with Crippen molar-refractivity contribution in [2.75, 3.05) is 26.4 Å². The zero-order valence-electron chi connectivity index (χ0n) is 8.51. The minimum Gasteiger partial charge on any atom is -0.376 e. The summed E-state index contributed by atoms with van der Waals surface area (Å²) in [5, 5.41) is 0. The molecule has 0 radical (unpaired) electrons. The Labute approximate surface area is 95.4 Å². The summed E-state index contributed by atoms with van der Waals surface area (Å²) in [4.78, 5) is 0. The first-order valence-corrected chi connectivity index (χ1v) is 5.99. The SMILES string of the molecule is C(OCC1CO1)C1CO1.O=S(=O)(O)C(F)(F)F. The summed E-state index contributed by atoms with van der Waals surface area (Å²) in [6, 6.07) is 0. The lowest BCUT2D eigenvalue weighted by molar-refractivity contribution is -0.0510.